The van der Waals surface area contributed by atoms with E-state index in [1.165, 1.54) is 25.9 Å². The zero-order valence-electron chi connectivity index (χ0n) is 12.4. The topological polar surface area (TPSA) is 24.5 Å². The summed E-state index contributed by atoms with van der Waals surface area (Å²) >= 11 is 3.45. The van der Waals surface area contributed by atoms with Gasteiger partial charge < -0.3 is 15.0 Å². The molecule has 1 N–H and O–H groups in total. The number of benzene rings is 1. The summed E-state index contributed by atoms with van der Waals surface area (Å²) in [6.45, 7) is 8.61. The number of nitrogens with zero attached hydrogens (tertiary/aromatic N) is 1. The van der Waals surface area contributed by atoms with Crippen LogP contribution in [0.5, 0.6) is 5.75 Å². The second kappa shape index (κ2) is 8.01. The van der Waals surface area contributed by atoms with Crippen LogP contribution >= 0.6 is 15.9 Å². The molecule has 0 saturated carbocycles. The van der Waals surface area contributed by atoms with E-state index in [0.717, 1.165) is 23.4 Å². The van der Waals surface area contributed by atoms with Gasteiger partial charge in [0.25, 0.3) is 0 Å². The lowest BCUT2D eigenvalue weighted by Gasteiger charge is -2.35. The van der Waals surface area contributed by atoms with Crippen molar-refractivity contribution in [2.75, 3.05) is 26.2 Å². The lowest BCUT2D eigenvalue weighted by molar-refractivity contribution is 0.158. The maximum atomic E-state index is 5.73. The average molecular weight is 341 g/mol. The molecule has 1 saturated heterocycles. The molecule has 1 aromatic rings. The van der Waals surface area contributed by atoms with Gasteiger partial charge in [-0.1, -0.05) is 22.0 Å². The summed E-state index contributed by atoms with van der Waals surface area (Å²) in [5.41, 5.74) is 0. The fourth-order valence-electron chi connectivity index (χ4n) is 2.61. The fourth-order valence-corrected chi connectivity index (χ4v) is 2.99. The van der Waals surface area contributed by atoms with Gasteiger partial charge in [0.1, 0.15) is 12.4 Å². The Balaban J connectivity index is 1.60. The zero-order valence-corrected chi connectivity index (χ0v) is 14.0. The van der Waals surface area contributed by atoms with Crippen LogP contribution < -0.4 is 10.1 Å². The first-order valence-corrected chi connectivity index (χ1v) is 8.30. The molecule has 112 valence electrons. The van der Waals surface area contributed by atoms with E-state index in [4.69, 9.17) is 4.74 Å². The van der Waals surface area contributed by atoms with Crippen molar-refractivity contribution >= 4 is 15.9 Å². The maximum absolute atomic E-state index is 5.73. The summed E-state index contributed by atoms with van der Waals surface area (Å²) in [6.07, 6.45) is 2.49. The number of rotatable bonds is 6. The van der Waals surface area contributed by atoms with Crippen molar-refractivity contribution in [2.24, 2.45) is 0 Å². The number of halogens is 1. The van der Waals surface area contributed by atoms with Gasteiger partial charge in [-0.2, -0.15) is 0 Å². The number of nitrogens with one attached hydrogen (secondary N) is 1. The maximum Gasteiger partial charge on any atom is 0.120 e. The Morgan fingerprint density at radius 3 is 2.75 bits per heavy atom. The van der Waals surface area contributed by atoms with Crippen LogP contribution in [-0.4, -0.2) is 43.2 Å². The quantitative estimate of drug-likeness (QED) is 0.804. The molecule has 0 unspecified atom stereocenters. The second-order valence-corrected chi connectivity index (χ2v) is 6.58. The molecule has 1 aliphatic heterocycles. The Kier molecular flexibility index (Phi) is 6.33. The largest absolute Gasteiger partial charge is 0.492 e. The molecule has 2 rings (SSSR count). The SMILES string of the molecule is CC(C)N1CCC(NCCOc2cccc(Br)c2)CC1. The highest BCUT2D eigenvalue weighted by atomic mass is 79.9. The van der Waals surface area contributed by atoms with Crippen molar-refractivity contribution in [1.29, 1.82) is 0 Å². The molecular formula is C16H25BrN2O. The molecule has 0 radical (unpaired) electrons. The first-order valence-electron chi connectivity index (χ1n) is 7.51. The molecule has 20 heavy (non-hydrogen) atoms. The first-order chi connectivity index (χ1) is 9.65. The third-order valence-electron chi connectivity index (χ3n) is 3.86. The fraction of sp³-hybridized carbons (Fsp3) is 0.625. The van der Waals surface area contributed by atoms with Gasteiger partial charge in [0, 0.05) is 23.1 Å². The molecule has 0 aromatic heterocycles. The summed E-state index contributed by atoms with van der Waals surface area (Å²) in [6, 6.07) is 9.32. The van der Waals surface area contributed by atoms with Crippen LogP contribution in [0.2, 0.25) is 0 Å². The van der Waals surface area contributed by atoms with Crippen LogP contribution in [0, 0.1) is 0 Å². The van der Waals surface area contributed by atoms with Gasteiger partial charge in [-0.25, -0.2) is 0 Å². The summed E-state index contributed by atoms with van der Waals surface area (Å²) in [5.74, 6) is 0.927. The third kappa shape index (κ3) is 5.08. The molecule has 3 nitrogen and oxygen atoms in total. The van der Waals surface area contributed by atoms with E-state index in [1.54, 1.807) is 0 Å². The highest BCUT2D eigenvalue weighted by molar-refractivity contribution is 9.10. The van der Waals surface area contributed by atoms with E-state index >= 15 is 0 Å². The van der Waals surface area contributed by atoms with E-state index < -0.39 is 0 Å². The molecule has 1 fully saturated rings. The normalized spacial score (nSPS) is 17.6. The standard InChI is InChI=1S/C16H25BrN2O/c1-13(2)19-9-6-15(7-10-19)18-8-11-20-16-5-3-4-14(17)12-16/h3-5,12-13,15,18H,6-11H2,1-2H3. The molecule has 0 amide bonds. The predicted molar refractivity (Wildman–Crippen MR) is 87.4 cm³/mol. The van der Waals surface area contributed by atoms with Gasteiger partial charge in [-0.3, -0.25) is 0 Å². The molecule has 1 aromatic carbocycles. The van der Waals surface area contributed by atoms with Crippen molar-refractivity contribution in [2.45, 2.75) is 38.8 Å². The van der Waals surface area contributed by atoms with Crippen LogP contribution in [-0.2, 0) is 0 Å². The monoisotopic (exact) mass is 340 g/mol. The van der Waals surface area contributed by atoms with Crippen molar-refractivity contribution in [3.05, 3.63) is 28.7 Å². The molecular weight excluding hydrogens is 316 g/mol. The van der Waals surface area contributed by atoms with Gasteiger partial charge in [0.2, 0.25) is 0 Å². The van der Waals surface area contributed by atoms with Gasteiger partial charge in [0.05, 0.1) is 0 Å². The Bertz CT molecular complexity index is 403. The lowest BCUT2D eigenvalue weighted by Crippen LogP contribution is -2.45. The van der Waals surface area contributed by atoms with Crippen molar-refractivity contribution in [1.82, 2.24) is 10.2 Å². The van der Waals surface area contributed by atoms with E-state index in [0.29, 0.717) is 12.1 Å². The van der Waals surface area contributed by atoms with Crippen molar-refractivity contribution < 1.29 is 4.74 Å². The van der Waals surface area contributed by atoms with Crippen LogP contribution in [0.25, 0.3) is 0 Å². The van der Waals surface area contributed by atoms with Crippen LogP contribution in [0.3, 0.4) is 0 Å². The van der Waals surface area contributed by atoms with E-state index in [-0.39, 0.29) is 0 Å². The Labute approximate surface area is 130 Å². The molecule has 4 heteroatoms. The van der Waals surface area contributed by atoms with E-state index in [9.17, 15) is 0 Å². The molecule has 0 spiro atoms. The predicted octanol–water partition coefficient (Wildman–Crippen LogP) is 3.29. The molecule has 0 bridgehead atoms. The molecule has 0 aliphatic carbocycles. The number of piperidine rings is 1. The molecule has 1 aliphatic rings. The van der Waals surface area contributed by atoms with Crippen LogP contribution in [0.15, 0.2) is 28.7 Å². The van der Waals surface area contributed by atoms with Crippen molar-refractivity contribution in [3.63, 3.8) is 0 Å². The zero-order chi connectivity index (χ0) is 14.4. The van der Waals surface area contributed by atoms with Crippen LogP contribution in [0.4, 0.5) is 0 Å². The Hall–Kier alpha value is -0.580. The summed E-state index contributed by atoms with van der Waals surface area (Å²) in [5, 5.41) is 3.60. The minimum atomic E-state index is 0.649. The lowest BCUT2D eigenvalue weighted by atomic mass is 10.0. The van der Waals surface area contributed by atoms with Crippen molar-refractivity contribution in [3.8, 4) is 5.75 Å². The number of hydrogen-bond donors (Lipinski definition) is 1. The first kappa shape index (κ1) is 15.8. The minimum absolute atomic E-state index is 0.649. The van der Waals surface area contributed by atoms with Gasteiger partial charge in [-0.15, -0.1) is 0 Å². The molecule has 0 atom stereocenters. The smallest absolute Gasteiger partial charge is 0.120 e. The Morgan fingerprint density at radius 1 is 1.35 bits per heavy atom. The summed E-state index contributed by atoms with van der Waals surface area (Å²) in [4.78, 5) is 2.55. The summed E-state index contributed by atoms with van der Waals surface area (Å²) < 4.78 is 6.79. The van der Waals surface area contributed by atoms with Crippen LogP contribution in [0.1, 0.15) is 26.7 Å². The average Bonchev–Trinajstić information content (AvgIpc) is 2.44. The third-order valence-corrected chi connectivity index (χ3v) is 4.35. The summed E-state index contributed by atoms with van der Waals surface area (Å²) in [7, 11) is 0. The van der Waals surface area contributed by atoms with Gasteiger partial charge in [0.15, 0.2) is 0 Å². The van der Waals surface area contributed by atoms with Gasteiger partial charge in [-0.05, 0) is 58.0 Å². The highest BCUT2D eigenvalue weighted by Crippen LogP contribution is 2.17. The number of hydrogen-bond acceptors (Lipinski definition) is 3. The minimum Gasteiger partial charge on any atom is -0.492 e. The second-order valence-electron chi connectivity index (χ2n) is 5.66. The number of ether oxygens (including phenoxy) is 1. The Morgan fingerprint density at radius 2 is 2.10 bits per heavy atom. The van der Waals surface area contributed by atoms with E-state index in [1.807, 2.05) is 24.3 Å². The van der Waals surface area contributed by atoms with E-state index in [2.05, 4.69) is 40.0 Å². The number of likely N-dealkylation sites (tertiary alicyclic amines) is 1. The highest BCUT2D eigenvalue weighted by Gasteiger charge is 2.19. The molecule has 1 heterocycles. The van der Waals surface area contributed by atoms with Gasteiger partial charge >= 0.3 is 0 Å².